The van der Waals surface area contributed by atoms with Gasteiger partial charge in [-0.1, -0.05) is 18.9 Å². The summed E-state index contributed by atoms with van der Waals surface area (Å²) in [5.74, 6) is 1.65. The Morgan fingerprint density at radius 2 is 1.90 bits per heavy atom. The lowest BCUT2D eigenvalue weighted by atomic mass is 9.91. The van der Waals surface area contributed by atoms with Crippen LogP contribution in [0, 0.1) is 0 Å². The van der Waals surface area contributed by atoms with E-state index in [0.29, 0.717) is 13.2 Å². The van der Waals surface area contributed by atoms with Crippen LogP contribution in [0.4, 0.5) is 0 Å². The molecule has 3 atom stereocenters. The minimum atomic E-state index is -0.219. The lowest BCUT2D eigenvalue weighted by Gasteiger charge is -2.31. The summed E-state index contributed by atoms with van der Waals surface area (Å²) in [6, 6.07) is 6.48. The molecule has 4 heteroatoms. The van der Waals surface area contributed by atoms with E-state index in [-0.39, 0.29) is 18.2 Å². The SMILES string of the molecule is CC(NC1CCCCC1O)c1ccc2c(c1)OCCO2. The normalized spacial score (nSPS) is 27.1. The number of aliphatic hydroxyl groups excluding tert-OH is 1. The molecule has 3 rings (SSSR count). The maximum absolute atomic E-state index is 10.0. The summed E-state index contributed by atoms with van der Waals surface area (Å²) in [6.45, 7) is 3.36. The van der Waals surface area contributed by atoms with Gasteiger partial charge in [-0.3, -0.25) is 0 Å². The smallest absolute Gasteiger partial charge is 0.161 e. The molecule has 0 radical (unpaired) electrons. The van der Waals surface area contributed by atoms with E-state index >= 15 is 0 Å². The summed E-state index contributed by atoms with van der Waals surface area (Å²) >= 11 is 0. The van der Waals surface area contributed by atoms with E-state index in [2.05, 4.69) is 18.3 Å². The van der Waals surface area contributed by atoms with Crippen LogP contribution < -0.4 is 14.8 Å². The van der Waals surface area contributed by atoms with Crippen LogP contribution in [0.25, 0.3) is 0 Å². The Hall–Kier alpha value is -1.26. The summed E-state index contributed by atoms with van der Waals surface area (Å²) in [4.78, 5) is 0. The van der Waals surface area contributed by atoms with Crippen molar-refractivity contribution in [1.82, 2.24) is 5.32 Å². The van der Waals surface area contributed by atoms with Crippen molar-refractivity contribution in [3.63, 3.8) is 0 Å². The van der Waals surface area contributed by atoms with Gasteiger partial charge in [-0.2, -0.15) is 0 Å². The predicted octanol–water partition coefficient (Wildman–Crippen LogP) is 2.41. The van der Waals surface area contributed by atoms with Gasteiger partial charge in [-0.25, -0.2) is 0 Å². The van der Waals surface area contributed by atoms with Gasteiger partial charge >= 0.3 is 0 Å². The average molecular weight is 277 g/mol. The molecule has 1 aromatic rings. The van der Waals surface area contributed by atoms with Crippen molar-refractivity contribution in [2.45, 2.75) is 50.8 Å². The third-order valence-corrected chi connectivity index (χ3v) is 4.26. The standard InChI is InChI=1S/C16H23NO3/c1-11(17-13-4-2-3-5-14(13)18)12-6-7-15-16(10-12)20-9-8-19-15/h6-7,10-11,13-14,17-18H,2-5,8-9H2,1H3. The number of benzene rings is 1. The van der Waals surface area contributed by atoms with E-state index in [1.54, 1.807) is 0 Å². The quantitative estimate of drug-likeness (QED) is 0.891. The van der Waals surface area contributed by atoms with Gasteiger partial charge in [0.05, 0.1) is 6.10 Å². The lowest BCUT2D eigenvalue weighted by Crippen LogP contribution is -2.43. The van der Waals surface area contributed by atoms with Crippen molar-refractivity contribution in [3.8, 4) is 11.5 Å². The summed E-state index contributed by atoms with van der Waals surface area (Å²) < 4.78 is 11.2. The van der Waals surface area contributed by atoms with Gasteiger partial charge < -0.3 is 19.9 Å². The second kappa shape index (κ2) is 6.02. The molecule has 1 heterocycles. The van der Waals surface area contributed by atoms with Gasteiger partial charge in [0.15, 0.2) is 11.5 Å². The van der Waals surface area contributed by atoms with E-state index < -0.39 is 0 Å². The highest BCUT2D eigenvalue weighted by atomic mass is 16.6. The van der Waals surface area contributed by atoms with Gasteiger partial charge in [-0.15, -0.1) is 0 Å². The molecular weight excluding hydrogens is 254 g/mol. The van der Waals surface area contributed by atoms with Crippen molar-refractivity contribution in [2.24, 2.45) is 0 Å². The van der Waals surface area contributed by atoms with Crippen molar-refractivity contribution < 1.29 is 14.6 Å². The molecule has 1 aliphatic heterocycles. The summed E-state index contributed by atoms with van der Waals surface area (Å²) in [5.41, 5.74) is 1.17. The van der Waals surface area contributed by atoms with E-state index in [1.165, 1.54) is 12.0 Å². The van der Waals surface area contributed by atoms with Crippen molar-refractivity contribution in [1.29, 1.82) is 0 Å². The Balaban J connectivity index is 1.68. The third kappa shape index (κ3) is 2.91. The minimum absolute atomic E-state index is 0.198. The van der Waals surface area contributed by atoms with Crippen LogP contribution in [0.15, 0.2) is 18.2 Å². The highest BCUT2D eigenvalue weighted by Gasteiger charge is 2.25. The second-order valence-corrected chi connectivity index (χ2v) is 5.75. The van der Waals surface area contributed by atoms with Crippen LogP contribution in [0.3, 0.4) is 0 Å². The van der Waals surface area contributed by atoms with Gasteiger partial charge in [0.2, 0.25) is 0 Å². The van der Waals surface area contributed by atoms with Crippen molar-refractivity contribution in [2.75, 3.05) is 13.2 Å². The summed E-state index contributed by atoms with van der Waals surface area (Å²) in [5, 5.41) is 13.6. The molecule has 0 aromatic heterocycles. The molecule has 1 aromatic carbocycles. The molecule has 0 bridgehead atoms. The van der Waals surface area contributed by atoms with Gasteiger partial charge in [0.1, 0.15) is 13.2 Å². The fourth-order valence-electron chi connectivity index (χ4n) is 3.05. The molecule has 1 saturated carbocycles. The number of ether oxygens (including phenoxy) is 2. The summed E-state index contributed by atoms with van der Waals surface area (Å²) in [6.07, 6.45) is 4.07. The predicted molar refractivity (Wildman–Crippen MR) is 77.2 cm³/mol. The third-order valence-electron chi connectivity index (χ3n) is 4.26. The molecule has 1 aliphatic carbocycles. The molecule has 3 unspecified atom stereocenters. The molecule has 0 amide bonds. The largest absolute Gasteiger partial charge is 0.486 e. The van der Waals surface area contributed by atoms with Gasteiger partial charge in [0, 0.05) is 12.1 Å². The van der Waals surface area contributed by atoms with E-state index in [1.807, 2.05) is 12.1 Å². The Labute approximate surface area is 120 Å². The van der Waals surface area contributed by atoms with E-state index in [0.717, 1.165) is 30.8 Å². The van der Waals surface area contributed by atoms with Crippen LogP contribution in [-0.4, -0.2) is 30.5 Å². The van der Waals surface area contributed by atoms with Crippen molar-refractivity contribution >= 4 is 0 Å². The van der Waals surface area contributed by atoms with Crippen LogP contribution >= 0.6 is 0 Å². The number of aliphatic hydroxyl groups is 1. The Bertz CT molecular complexity index is 463. The number of hydrogen-bond donors (Lipinski definition) is 2. The zero-order chi connectivity index (χ0) is 13.9. The summed E-state index contributed by atoms with van der Waals surface area (Å²) in [7, 11) is 0. The highest BCUT2D eigenvalue weighted by Crippen LogP contribution is 2.33. The van der Waals surface area contributed by atoms with Gasteiger partial charge in [0.25, 0.3) is 0 Å². The molecule has 2 N–H and O–H groups in total. The molecule has 0 saturated heterocycles. The first-order valence-electron chi connectivity index (χ1n) is 7.58. The first kappa shape index (κ1) is 13.7. The van der Waals surface area contributed by atoms with Crippen LogP contribution in [0.5, 0.6) is 11.5 Å². The zero-order valence-electron chi connectivity index (χ0n) is 12.0. The molecule has 4 nitrogen and oxygen atoms in total. The highest BCUT2D eigenvalue weighted by molar-refractivity contribution is 5.44. The number of hydrogen-bond acceptors (Lipinski definition) is 4. The fourth-order valence-corrected chi connectivity index (χ4v) is 3.05. The first-order valence-corrected chi connectivity index (χ1v) is 7.58. The molecule has 20 heavy (non-hydrogen) atoms. The number of fused-ring (bicyclic) bond motifs is 1. The Kier molecular flexibility index (Phi) is 4.13. The van der Waals surface area contributed by atoms with Crippen molar-refractivity contribution in [3.05, 3.63) is 23.8 Å². The Morgan fingerprint density at radius 3 is 2.70 bits per heavy atom. The van der Waals surface area contributed by atoms with Crippen LogP contribution in [-0.2, 0) is 0 Å². The van der Waals surface area contributed by atoms with E-state index in [4.69, 9.17) is 9.47 Å². The molecule has 1 fully saturated rings. The molecule has 0 spiro atoms. The molecule has 2 aliphatic rings. The maximum Gasteiger partial charge on any atom is 0.161 e. The topological polar surface area (TPSA) is 50.7 Å². The second-order valence-electron chi connectivity index (χ2n) is 5.75. The minimum Gasteiger partial charge on any atom is -0.486 e. The van der Waals surface area contributed by atoms with Crippen LogP contribution in [0.1, 0.15) is 44.2 Å². The first-order chi connectivity index (χ1) is 9.74. The lowest BCUT2D eigenvalue weighted by molar-refractivity contribution is 0.0859. The van der Waals surface area contributed by atoms with Crippen LogP contribution in [0.2, 0.25) is 0 Å². The zero-order valence-corrected chi connectivity index (χ0v) is 12.0. The number of nitrogens with one attached hydrogen (secondary N) is 1. The fraction of sp³-hybridized carbons (Fsp3) is 0.625. The number of rotatable bonds is 3. The monoisotopic (exact) mass is 277 g/mol. The maximum atomic E-state index is 10.0. The van der Waals surface area contributed by atoms with E-state index in [9.17, 15) is 5.11 Å². The molecular formula is C16H23NO3. The molecule has 110 valence electrons. The van der Waals surface area contributed by atoms with Gasteiger partial charge in [-0.05, 0) is 37.5 Å². The Morgan fingerprint density at radius 1 is 1.15 bits per heavy atom. The average Bonchev–Trinajstić information content (AvgIpc) is 2.49.